The number of aromatic nitrogens is 3. The van der Waals surface area contributed by atoms with Gasteiger partial charge in [-0.1, -0.05) is 28.1 Å². The molecule has 2 aromatic carbocycles. The molecule has 4 rings (SSSR count). The minimum atomic E-state index is -0.246. The number of nitrogens with one attached hydrogen (secondary N) is 1. The SMILES string of the molecule is Cc1cc(N(C)C(=O)c2cnn3c2[nH]c(=O)c2ccccc23)ccc1Br. The molecule has 0 fully saturated rings. The minimum Gasteiger partial charge on any atom is -0.311 e. The van der Waals surface area contributed by atoms with E-state index in [2.05, 4.69) is 26.0 Å². The first-order valence-electron chi connectivity index (χ1n) is 8.00. The van der Waals surface area contributed by atoms with Gasteiger partial charge >= 0.3 is 0 Å². The van der Waals surface area contributed by atoms with E-state index in [1.165, 1.54) is 6.20 Å². The fourth-order valence-electron chi connectivity index (χ4n) is 2.97. The van der Waals surface area contributed by atoms with Crippen LogP contribution in [-0.2, 0) is 0 Å². The number of carbonyl (C=O) groups is 1. The number of carbonyl (C=O) groups excluding carboxylic acids is 1. The van der Waals surface area contributed by atoms with E-state index in [1.807, 2.05) is 31.2 Å². The Balaban J connectivity index is 1.85. The van der Waals surface area contributed by atoms with Gasteiger partial charge in [-0.05, 0) is 42.8 Å². The first-order chi connectivity index (χ1) is 12.5. The van der Waals surface area contributed by atoms with Crippen LogP contribution in [0.5, 0.6) is 0 Å². The third-order valence-corrected chi connectivity index (χ3v) is 5.33. The molecule has 0 aliphatic heterocycles. The molecule has 0 atom stereocenters. The Morgan fingerprint density at radius 1 is 1.23 bits per heavy atom. The molecule has 0 aliphatic carbocycles. The Labute approximate surface area is 157 Å². The van der Waals surface area contributed by atoms with Crippen LogP contribution >= 0.6 is 15.9 Å². The van der Waals surface area contributed by atoms with Crippen LogP contribution in [0.3, 0.4) is 0 Å². The highest BCUT2D eigenvalue weighted by Gasteiger charge is 2.20. The van der Waals surface area contributed by atoms with Gasteiger partial charge in [0.2, 0.25) is 0 Å². The Morgan fingerprint density at radius 3 is 2.77 bits per heavy atom. The summed E-state index contributed by atoms with van der Waals surface area (Å²) in [5.41, 5.74) is 2.94. The number of fused-ring (bicyclic) bond motifs is 3. The second-order valence-corrected chi connectivity index (χ2v) is 6.94. The van der Waals surface area contributed by atoms with Gasteiger partial charge in [-0.3, -0.25) is 9.59 Å². The summed E-state index contributed by atoms with van der Waals surface area (Å²) < 4.78 is 2.57. The topological polar surface area (TPSA) is 70.5 Å². The third kappa shape index (κ3) is 2.52. The molecule has 1 amide bonds. The van der Waals surface area contributed by atoms with Gasteiger partial charge in [0.25, 0.3) is 11.5 Å². The molecule has 0 spiro atoms. The van der Waals surface area contributed by atoms with Crippen molar-refractivity contribution in [1.29, 1.82) is 0 Å². The molecule has 2 aromatic heterocycles. The van der Waals surface area contributed by atoms with Gasteiger partial charge in [-0.25, -0.2) is 4.52 Å². The fourth-order valence-corrected chi connectivity index (χ4v) is 3.22. The van der Waals surface area contributed by atoms with Crippen molar-refractivity contribution < 1.29 is 4.79 Å². The predicted molar refractivity (Wildman–Crippen MR) is 105 cm³/mol. The number of aryl methyl sites for hydroxylation is 1. The van der Waals surface area contributed by atoms with E-state index in [0.717, 1.165) is 15.7 Å². The van der Waals surface area contributed by atoms with Crippen LogP contribution in [-0.4, -0.2) is 27.6 Å². The van der Waals surface area contributed by atoms with Crippen LogP contribution in [0.1, 0.15) is 15.9 Å². The van der Waals surface area contributed by atoms with E-state index in [0.29, 0.717) is 22.1 Å². The van der Waals surface area contributed by atoms with Crippen LogP contribution < -0.4 is 10.5 Å². The van der Waals surface area contributed by atoms with Crippen LogP contribution in [0.4, 0.5) is 5.69 Å². The molecular formula is C19H15BrN4O2. The number of anilines is 1. The largest absolute Gasteiger partial charge is 0.311 e. The highest BCUT2D eigenvalue weighted by Crippen LogP contribution is 2.24. The lowest BCUT2D eigenvalue weighted by Crippen LogP contribution is -2.26. The number of halogens is 1. The van der Waals surface area contributed by atoms with Gasteiger partial charge in [0.05, 0.1) is 17.1 Å². The smallest absolute Gasteiger partial charge is 0.263 e. The summed E-state index contributed by atoms with van der Waals surface area (Å²) in [5.74, 6) is -0.243. The molecule has 1 N–H and O–H groups in total. The van der Waals surface area contributed by atoms with Gasteiger partial charge in [0.1, 0.15) is 11.2 Å². The number of benzene rings is 2. The summed E-state index contributed by atoms with van der Waals surface area (Å²) in [6.07, 6.45) is 1.49. The Bertz CT molecular complexity index is 1230. The van der Waals surface area contributed by atoms with Crippen LogP contribution in [0.15, 0.2) is 57.9 Å². The molecule has 0 saturated carbocycles. The maximum absolute atomic E-state index is 13.0. The summed E-state index contributed by atoms with van der Waals surface area (Å²) in [6, 6.07) is 12.8. The second-order valence-electron chi connectivity index (χ2n) is 6.09. The molecule has 0 unspecified atom stereocenters. The molecule has 2 heterocycles. The first-order valence-corrected chi connectivity index (χ1v) is 8.79. The van der Waals surface area contributed by atoms with Gasteiger partial charge in [-0.15, -0.1) is 0 Å². The molecule has 0 radical (unpaired) electrons. The maximum Gasteiger partial charge on any atom is 0.263 e. The molecule has 26 heavy (non-hydrogen) atoms. The normalized spacial score (nSPS) is 11.2. The zero-order valence-corrected chi connectivity index (χ0v) is 15.7. The average Bonchev–Trinajstić information content (AvgIpc) is 3.07. The molecule has 0 saturated heterocycles. The van der Waals surface area contributed by atoms with Crippen molar-refractivity contribution in [3.8, 4) is 0 Å². The van der Waals surface area contributed by atoms with E-state index in [1.54, 1.807) is 34.7 Å². The van der Waals surface area contributed by atoms with Crippen molar-refractivity contribution in [3.63, 3.8) is 0 Å². The maximum atomic E-state index is 13.0. The van der Waals surface area contributed by atoms with E-state index in [-0.39, 0.29) is 11.5 Å². The fraction of sp³-hybridized carbons (Fsp3) is 0.105. The van der Waals surface area contributed by atoms with Gasteiger partial charge in [-0.2, -0.15) is 5.10 Å². The van der Waals surface area contributed by atoms with Crippen molar-refractivity contribution in [2.45, 2.75) is 6.92 Å². The number of para-hydroxylation sites is 1. The highest BCUT2D eigenvalue weighted by molar-refractivity contribution is 9.10. The number of amides is 1. The third-order valence-electron chi connectivity index (χ3n) is 4.44. The van der Waals surface area contributed by atoms with E-state index < -0.39 is 0 Å². The van der Waals surface area contributed by atoms with Crippen LogP contribution in [0.25, 0.3) is 16.6 Å². The summed E-state index contributed by atoms with van der Waals surface area (Å²) >= 11 is 3.46. The van der Waals surface area contributed by atoms with Crippen molar-refractivity contribution in [1.82, 2.24) is 14.6 Å². The number of hydrogen-bond acceptors (Lipinski definition) is 3. The lowest BCUT2D eigenvalue weighted by Gasteiger charge is -2.17. The quantitative estimate of drug-likeness (QED) is 0.549. The van der Waals surface area contributed by atoms with Crippen LogP contribution in [0.2, 0.25) is 0 Å². The zero-order valence-electron chi connectivity index (χ0n) is 14.2. The predicted octanol–water partition coefficient (Wildman–Crippen LogP) is 3.52. The summed E-state index contributed by atoms with van der Waals surface area (Å²) in [6.45, 7) is 1.96. The highest BCUT2D eigenvalue weighted by atomic mass is 79.9. The Kier molecular flexibility index (Phi) is 3.88. The second kappa shape index (κ2) is 6.10. The average molecular weight is 411 g/mol. The molecule has 0 bridgehead atoms. The summed E-state index contributed by atoms with van der Waals surface area (Å²) in [4.78, 5) is 29.7. The van der Waals surface area contributed by atoms with Crippen LogP contribution in [0, 0.1) is 6.92 Å². The molecule has 7 heteroatoms. The number of hydrogen-bond donors (Lipinski definition) is 1. The van der Waals surface area contributed by atoms with Gasteiger partial charge in [0, 0.05) is 17.2 Å². The van der Waals surface area contributed by atoms with Gasteiger partial charge < -0.3 is 9.88 Å². The monoisotopic (exact) mass is 410 g/mol. The molecule has 0 aliphatic rings. The van der Waals surface area contributed by atoms with E-state index in [9.17, 15) is 9.59 Å². The lowest BCUT2D eigenvalue weighted by molar-refractivity contribution is 0.0994. The summed E-state index contributed by atoms with van der Waals surface area (Å²) in [5, 5.41) is 4.84. The van der Waals surface area contributed by atoms with Crippen molar-refractivity contribution >= 4 is 44.1 Å². The molecule has 130 valence electrons. The zero-order chi connectivity index (χ0) is 18.4. The summed E-state index contributed by atoms with van der Waals surface area (Å²) in [7, 11) is 1.70. The number of aromatic amines is 1. The van der Waals surface area contributed by atoms with Gasteiger partial charge in [0.15, 0.2) is 0 Å². The molecule has 4 aromatic rings. The van der Waals surface area contributed by atoms with E-state index in [4.69, 9.17) is 0 Å². The number of rotatable bonds is 2. The minimum absolute atomic E-state index is 0.243. The number of nitrogens with zero attached hydrogens (tertiary/aromatic N) is 3. The van der Waals surface area contributed by atoms with E-state index >= 15 is 0 Å². The number of H-pyrrole nitrogens is 1. The first kappa shape index (κ1) is 16.5. The molecular weight excluding hydrogens is 396 g/mol. The Hall–Kier alpha value is -2.93. The van der Waals surface area contributed by atoms with Crippen molar-refractivity contribution in [2.75, 3.05) is 11.9 Å². The lowest BCUT2D eigenvalue weighted by atomic mass is 10.2. The standard InChI is InChI=1S/C19H15BrN4O2/c1-11-9-12(7-8-15(11)20)23(2)19(26)14-10-21-24-16-6-4-3-5-13(16)18(25)22-17(14)24/h3-10H,1-2H3,(H,22,25). The van der Waals surface area contributed by atoms with Crippen molar-refractivity contribution in [2.24, 2.45) is 0 Å². The molecule has 6 nitrogen and oxygen atoms in total. The van der Waals surface area contributed by atoms with Crippen molar-refractivity contribution in [3.05, 3.63) is 74.6 Å². The Morgan fingerprint density at radius 2 is 2.00 bits per heavy atom.